The first kappa shape index (κ1) is 34.7. The number of fused-ring (bicyclic) bond motifs is 9. The van der Waals surface area contributed by atoms with Crippen molar-refractivity contribution in [2.75, 3.05) is 0 Å². The molecule has 1 heterocycles. The molecule has 11 rings (SSSR count). The van der Waals surface area contributed by atoms with Crippen LogP contribution < -0.4 is 0 Å². The van der Waals surface area contributed by atoms with Crippen LogP contribution in [0.15, 0.2) is 71.8 Å². The van der Waals surface area contributed by atoms with Gasteiger partial charge in [-0.15, -0.1) is 11.3 Å². The Balaban J connectivity index is 1.05. The van der Waals surface area contributed by atoms with E-state index in [-0.39, 0.29) is 33.4 Å². The van der Waals surface area contributed by atoms with Gasteiger partial charge < -0.3 is 0 Å². The Labute approximate surface area is 328 Å². The Bertz CT molecular complexity index is 2730. The zero-order valence-corrected chi connectivity index (χ0v) is 31.4. The van der Waals surface area contributed by atoms with Gasteiger partial charge in [0.25, 0.3) is 0 Å². The number of rotatable bonds is 2. The summed E-state index contributed by atoms with van der Waals surface area (Å²) < 4.78 is 60.6. The lowest BCUT2D eigenvalue weighted by atomic mass is 9.66. The van der Waals surface area contributed by atoms with E-state index in [1.54, 1.807) is 23.5 Å². The van der Waals surface area contributed by atoms with E-state index < -0.39 is 57.2 Å². The van der Waals surface area contributed by atoms with Gasteiger partial charge in [-0.2, -0.15) is 0 Å². The standard InChI is InChI=1S/C48H32F4O4S/c49-27-17-31-33(43(53)45(55)41(31)37(51)19-27)15-25-11-23-13-39-29(21-35(23)47(25)7-3-1-4-8-47)30-22-36-24(14-40(30)57-39)12-26(48(36)9-5-2-6-10-48)16-34-32-18-28(50)20-38(52)42(32)46(56)44(34)54/h11-22H,1-10H2/b33-15-,34-16-. The molecule has 282 valence electrons. The highest BCUT2D eigenvalue weighted by molar-refractivity contribution is 7.25. The summed E-state index contributed by atoms with van der Waals surface area (Å²) in [5, 5.41) is 2.19. The lowest BCUT2D eigenvalue weighted by Crippen LogP contribution is -2.29. The summed E-state index contributed by atoms with van der Waals surface area (Å²) >= 11 is 1.67. The number of carbonyl (C=O) groups excluding carboxylic acids is 4. The first-order chi connectivity index (χ1) is 27.5. The van der Waals surface area contributed by atoms with E-state index in [9.17, 15) is 36.7 Å². The zero-order valence-electron chi connectivity index (χ0n) is 30.6. The second kappa shape index (κ2) is 12.0. The Morgan fingerprint density at radius 2 is 0.895 bits per heavy atom. The van der Waals surface area contributed by atoms with E-state index in [1.807, 2.05) is 0 Å². The van der Waals surface area contributed by atoms with Gasteiger partial charge in [0.15, 0.2) is 0 Å². The van der Waals surface area contributed by atoms with Gasteiger partial charge in [-0.1, -0.05) is 50.7 Å². The third kappa shape index (κ3) is 4.72. The van der Waals surface area contributed by atoms with Crippen LogP contribution in [0.3, 0.4) is 0 Å². The molecule has 1 aromatic heterocycles. The van der Waals surface area contributed by atoms with E-state index in [0.29, 0.717) is 12.1 Å². The van der Waals surface area contributed by atoms with Crippen molar-refractivity contribution in [3.63, 3.8) is 0 Å². The average Bonchev–Trinajstić information content (AvgIpc) is 3.90. The molecule has 0 unspecified atom stereocenters. The summed E-state index contributed by atoms with van der Waals surface area (Å²) in [4.78, 5) is 52.4. The van der Waals surface area contributed by atoms with Gasteiger partial charge in [-0.3, -0.25) is 19.2 Å². The van der Waals surface area contributed by atoms with Crippen LogP contribution in [0.1, 0.15) is 118 Å². The molecular weight excluding hydrogens is 749 g/mol. The summed E-state index contributed by atoms with van der Waals surface area (Å²) in [6, 6.07) is 12.4. The van der Waals surface area contributed by atoms with Crippen LogP contribution in [-0.4, -0.2) is 23.1 Å². The Morgan fingerprint density at radius 3 is 1.30 bits per heavy atom. The van der Waals surface area contributed by atoms with E-state index >= 15 is 0 Å². The van der Waals surface area contributed by atoms with Crippen molar-refractivity contribution in [2.45, 2.75) is 75.0 Å². The first-order valence-electron chi connectivity index (χ1n) is 19.6. The molecule has 0 radical (unpaired) electrons. The Morgan fingerprint density at radius 1 is 0.491 bits per heavy atom. The second-order valence-corrected chi connectivity index (χ2v) is 17.6. The van der Waals surface area contributed by atoms with Gasteiger partial charge in [-0.25, -0.2) is 17.6 Å². The molecule has 5 aromatic rings. The molecule has 0 aliphatic heterocycles. The molecule has 57 heavy (non-hydrogen) atoms. The van der Waals surface area contributed by atoms with Gasteiger partial charge in [0, 0.05) is 65.4 Å². The van der Waals surface area contributed by atoms with Crippen molar-refractivity contribution < 1.29 is 36.7 Å². The molecule has 0 atom stereocenters. The minimum absolute atomic E-state index is 0.00107. The van der Waals surface area contributed by atoms with Crippen molar-refractivity contribution in [3.8, 4) is 0 Å². The summed E-state index contributed by atoms with van der Waals surface area (Å²) in [6.45, 7) is 0. The van der Waals surface area contributed by atoms with Gasteiger partial charge in [0.2, 0.25) is 23.1 Å². The Kier molecular flexibility index (Phi) is 7.30. The smallest absolute Gasteiger partial charge is 0.237 e. The van der Waals surface area contributed by atoms with Crippen molar-refractivity contribution in [2.24, 2.45) is 0 Å². The topological polar surface area (TPSA) is 68.3 Å². The molecule has 4 aromatic carbocycles. The fourth-order valence-corrected chi connectivity index (χ4v) is 12.2. The maximum atomic E-state index is 14.8. The van der Waals surface area contributed by atoms with Gasteiger partial charge in [-0.05, 0) is 108 Å². The molecule has 2 fully saturated rings. The minimum atomic E-state index is -1.03. The van der Waals surface area contributed by atoms with Crippen LogP contribution in [0.2, 0.25) is 0 Å². The number of hydrogen-bond donors (Lipinski definition) is 0. The van der Waals surface area contributed by atoms with Crippen LogP contribution in [0, 0.1) is 23.3 Å². The fraction of sp³-hybridized carbons (Fsp3) is 0.250. The predicted molar refractivity (Wildman–Crippen MR) is 212 cm³/mol. The third-order valence-corrected chi connectivity index (χ3v) is 14.7. The summed E-state index contributed by atoms with van der Waals surface area (Å²) in [7, 11) is 0. The number of thiophene rings is 1. The molecule has 0 amide bonds. The van der Waals surface area contributed by atoms with E-state index in [0.717, 1.165) is 130 Å². The summed E-state index contributed by atoms with van der Waals surface area (Å²) in [6.07, 6.45) is 16.9. The van der Waals surface area contributed by atoms with E-state index in [1.165, 1.54) is 0 Å². The minimum Gasteiger partial charge on any atom is -0.285 e. The zero-order chi connectivity index (χ0) is 39.1. The Hall–Kier alpha value is -5.54. The molecule has 2 saturated carbocycles. The molecule has 4 nitrogen and oxygen atoms in total. The number of allylic oxidation sites excluding steroid dienone is 6. The molecular formula is C48H32F4O4S. The van der Waals surface area contributed by atoms with Crippen LogP contribution >= 0.6 is 11.3 Å². The predicted octanol–water partition coefficient (Wildman–Crippen LogP) is 11.5. The molecule has 2 spiro atoms. The number of halogens is 4. The number of Topliss-reactive ketones (excluding diaryl/α,β-unsaturated/α-hetero) is 4. The fourth-order valence-electron chi connectivity index (χ4n) is 11.0. The van der Waals surface area contributed by atoms with E-state index in [4.69, 9.17) is 0 Å². The maximum Gasteiger partial charge on any atom is 0.237 e. The summed E-state index contributed by atoms with van der Waals surface area (Å²) in [5.74, 6) is -7.33. The lowest BCUT2D eigenvalue weighted by molar-refractivity contribution is -0.110. The largest absolute Gasteiger partial charge is 0.285 e. The highest BCUT2D eigenvalue weighted by Gasteiger charge is 2.46. The molecule has 0 bridgehead atoms. The van der Waals surface area contributed by atoms with Crippen molar-refractivity contribution >= 4 is 77.9 Å². The van der Waals surface area contributed by atoms with E-state index in [2.05, 4.69) is 36.4 Å². The third-order valence-electron chi connectivity index (χ3n) is 13.6. The van der Waals surface area contributed by atoms with Gasteiger partial charge in [0.1, 0.15) is 23.3 Å². The first-order valence-corrected chi connectivity index (χ1v) is 20.4. The quantitative estimate of drug-likeness (QED) is 0.102. The van der Waals surface area contributed by atoms with Crippen LogP contribution in [0.25, 0.3) is 43.5 Å². The van der Waals surface area contributed by atoms with Gasteiger partial charge >= 0.3 is 0 Å². The molecule has 9 heteroatoms. The monoisotopic (exact) mass is 780 g/mol. The normalized spacial score (nSPS) is 21.7. The molecule has 0 saturated heterocycles. The SMILES string of the molecule is O=C1C(=O)c2c(F)cc(F)cc2/C1=C/C1=Cc2cc3sc4cc5c(cc4c3cc2C12CCCCC2)C1(CCCCC1)C(/C=C1\C(=O)C(=O)c2c(F)cc(F)cc21)=C5. The van der Waals surface area contributed by atoms with Crippen molar-refractivity contribution in [3.05, 3.63) is 140 Å². The average molecular weight is 781 g/mol. The number of ketones is 4. The number of benzene rings is 4. The molecule has 6 aliphatic rings. The highest BCUT2D eigenvalue weighted by Crippen LogP contribution is 2.57. The number of carbonyl (C=O) groups is 4. The van der Waals surface area contributed by atoms with Crippen molar-refractivity contribution in [1.82, 2.24) is 0 Å². The number of hydrogen-bond acceptors (Lipinski definition) is 5. The van der Waals surface area contributed by atoms with Crippen molar-refractivity contribution in [1.29, 1.82) is 0 Å². The van der Waals surface area contributed by atoms with Crippen LogP contribution in [0.4, 0.5) is 17.6 Å². The van der Waals surface area contributed by atoms with Crippen LogP contribution in [0.5, 0.6) is 0 Å². The van der Waals surface area contributed by atoms with Crippen LogP contribution in [-0.2, 0) is 20.4 Å². The lowest BCUT2D eigenvalue weighted by Gasteiger charge is -2.37. The van der Waals surface area contributed by atoms with Gasteiger partial charge in [0.05, 0.1) is 11.1 Å². The maximum absolute atomic E-state index is 14.8. The second-order valence-electron chi connectivity index (χ2n) is 16.5. The molecule has 0 N–H and O–H groups in total. The molecule has 6 aliphatic carbocycles. The highest BCUT2D eigenvalue weighted by atomic mass is 32.1. The summed E-state index contributed by atoms with van der Waals surface area (Å²) in [5.41, 5.74) is 4.51.